The van der Waals surface area contributed by atoms with Crippen LogP contribution in [0.15, 0.2) is 285 Å². The third-order valence-electron chi connectivity index (χ3n) is 16.5. The van der Waals surface area contributed by atoms with Crippen molar-refractivity contribution in [1.29, 1.82) is 0 Å². The summed E-state index contributed by atoms with van der Waals surface area (Å²) in [6.07, 6.45) is 0. The van der Waals surface area contributed by atoms with Crippen LogP contribution in [-0.2, 0) is 0 Å². The van der Waals surface area contributed by atoms with Crippen molar-refractivity contribution >= 4 is 127 Å². The molecule has 3 aromatic heterocycles. The smallest absolute Gasteiger partial charge is 0.179 e. The molecule has 0 fully saturated rings. The Balaban J connectivity index is 0.991. The van der Waals surface area contributed by atoms with Gasteiger partial charge in [0.1, 0.15) is 0 Å². The third-order valence-corrected chi connectivity index (χ3v) is 21.3. The van der Waals surface area contributed by atoms with Crippen LogP contribution >= 0.6 is 0 Å². The fourth-order valence-electron chi connectivity index (χ4n) is 13.4. The lowest BCUT2D eigenvalue weighted by Crippen LogP contribution is -2.74. The molecule has 0 aliphatic heterocycles. The summed E-state index contributed by atoms with van der Waals surface area (Å²) >= 11 is 0. The van der Waals surface area contributed by atoms with Gasteiger partial charge < -0.3 is 13.7 Å². The Morgan fingerprint density at radius 1 is 0.184 bits per heavy atom. The summed E-state index contributed by atoms with van der Waals surface area (Å²) in [6.45, 7) is 0. The first-order valence-corrected chi connectivity index (χ1v) is 28.3. The predicted octanol–water partition coefficient (Wildman–Crippen LogP) is 15.8. The summed E-state index contributed by atoms with van der Waals surface area (Å²) in [4.78, 5) is 0. The van der Waals surface area contributed by atoms with Crippen molar-refractivity contribution in [2.45, 2.75) is 0 Å². The van der Waals surface area contributed by atoms with Crippen LogP contribution in [0.4, 0.5) is 0 Å². The van der Waals surface area contributed by atoms with Gasteiger partial charge in [-0.2, -0.15) is 0 Å². The second-order valence-corrected chi connectivity index (χ2v) is 24.1. The average molecular weight is 982 g/mol. The molecule has 13 aromatic carbocycles. The molecule has 3 nitrogen and oxygen atoms in total. The van der Waals surface area contributed by atoms with Gasteiger partial charge in [0, 0.05) is 54.8 Å². The molecule has 0 bridgehead atoms. The van der Waals surface area contributed by atoms with Crippen LogP contribution in [-0.4, -0.2) is 21.8 Å². The highest BCUT2D eigenvalue weighted by molar-refractivity contribution is 7.20. The normalized spacial score (nSPS) is 12.2. The van der Waals surface area contributed by atoms with Gasteiger partial charge in [0.2, 0.25) is 0 Å². The highest BCUT2D eigenvalue weighted by atomic mass is 28.3. The van der Waals surface area contributed by atoms with E-state index in [0.717, 1.165) is 17.1 Å². The molecule has 16 aromatic rings. The maximum Gasteiger partial charge on any atom is 0.179 e. The molecule has 0 aliphatic rings. The number of hydrogen-bond acceptors (Lipinski definition) is 0. The largest absolute Gasteiger partial charge is 0.309 e. The number of fused-ring (bicyclic) bond motifs is 16. The van der Waals surface area contributed by atoms with E-state index in [0.29, 0.717) is 0 Å². The van der Waals surface area contributed by atoms with E-state index in [-0.39, 0.29) is 0 Å². The summed E-state index contributed by atoms with van der Waals surface area (Å²) in [5, 5.41) is 20.5. The maximum absolute atomic E-state index is 3.05. The van der Waals surface area contributed by atoms with Crippen LogP contribution in [0.2, 0.25) is 0 Å². The first kappa shape index (κ1) is 42.7. The van der Waals surface area contributed by atoms with Gasteiger partial charge in [-0.1, -0.05) is 218 Å². The van der Waals surface area contributed by atoms with Gasteiger partial charge in [0.05, 0.1) is 33.1 Å². The molecule has 0 N–H and O–H groups in total. The van der Waals surface area contributed by atoms with Crippen LogP contribution in [0, 0.1) is 0 Å². The first-order valence-electron chi connectivity index (χ1n) is 26.3. The molecular formula is C72H47N3Si. The van der Waals surface area contributed by atoms with Crippen molar-refractivity contribution in [3.8, 4) is 17.1 Å². The van der Waals surface area contributed by atoms with E-state index in [4.69, 9.17) is 0 Å². The summed E-state index contributed by atoms with van der Waals surface area (Å²) in [7, 11) is -3.05. The van der Waals surface area contributed by atoms with E-state index < -0.39 is 8.07 Å². The second-order valence-electron chi connectivity index (χ2n) is 20.3. The molecule has 0 spiro atoms. The molecule has 16 rings (SSSR count). The lowest BCUT2D eigenvalue weighted by atomic mass is 9.92. The Bertz CT molecular complexity index is 4800. The zero-order valence-corrected chi connectivity index (χ0v) is 42.5. The van der Waals surface area contributed by atoms with Gasteiger partial charge >= 0.3 is 0 Å². The van der Waals surface area contributed by atoms with E-state index in [1.807, 2.05) is 0 Å². The number of para-hydroxylation sites is 4. The standard InChI is InChI=1S/C72H47N3Si/c1-3-21-51(22-4-1)76(52-23-5-2-6-24-52,53-41-38-48(39-42-53)73-65-34-15-11-29-58(65)59-30-12-16-35-66(59)73)54-25-19-20-49(46-54)75-69-45-44-63-57-28-8-7-26-55(57)56-27-9-10-33-62(56)71(63)72(69)64-43-40-50(47-70(64)75)74-67-36-17-13-31-60(67)61-32-14-18-37-68(61)74/h1-47H. The highest BCUT2D eigenvalue weighted by Crippen LogP contribution is 2.44. The van der Waals surface area contributed by atoms with Crippen LogP contribution in [0.3, 0.4) is 0 Å². The van der Waals surface area contributed by atoms with E-state index >= 15 is 0 Å². The van der Waals surface area contributed by atoms with Crippen LogP contribution in [0.25, 0.3) is 115 Å². The summed E-state index contributed by atoms with van der Waals surface area (Å²) in [5.74, 6) is 0. The Hall–Kier alpha value is -9.74. The molecule has 0 saturated carbocycles. The minimum atomic E-state index is -3.05. The molecule has 0 radical (unpaired) electrons. The molecule has 0 unspecified atom stereocenters. The second kappa shape index (κ2) is 16.6. The number of aromatic nitrogens is 3. The van der Waals surface area contributed by atoms with Crippen molar-refractivity contribution in [3.63, 3.8) is 0 Å². The zero-order chi connectivity index (χ0) is 49.9. The molecule has 0 saturated heterocycles. The van der Waals surface area contributed by atoms with Crippen molar-refractivity contribution in [2.75, 3.05) is 0 Å². The minimum Gasteiger partial charge on any atom is -0.309 e. The molecule has 354 valence electrons. The molecule has 0 atom stereocenters. The van der Waals surface area contributed by atoms with Gasteiger partial charge in [-0.25, -0.2) is 0 Å². The predicted molar refractivity (Wildman–Crippen MR) is 326 cm³/mol. The van der Waals surface area contributed by atoms with Crippen LogP contribution in [0.1, 0.15) is 0 Å². The number of rotatable bonds is 7. The van der Waals surface area contributed by atoms with Crippen LogP contribution in [0.5, 0.6) is 0 Å². The average Bonchev–Trinajstić information content (AvgIpc) is 4.15. The van der Waals surface area contributed by atoms with Crippen molar-refractivity contribution in [2.24, 2.45) is 0 Å². The quantitative estimate of drug-likeness (QED) is 0.0859. The fourth-order valence-corrected chi connectivity index (χ4v) is 18.2. The third kappa shape index (κ3) is 6.04. The molecule has 0 aliphatic carbocycles. The van der Waals surface area contributed by atoms with E-state index in [1.165, 1.54) is 118 Å². The fraction of sp³-hybridized carbons (Fsp3) is 0. The van der Waals surface area contributed by atoms with Gasteiger partial charge in [0.15, 0.2) is 8.07 Å². The highest BCUT2D eigenvalue weighted by Gasteiger charge is 2.42. The van der Waals surface area contributed by atoms with E-state index in [2.05, 4.69) is 299 Å². The molecule has 3 heterocycles. The summed E-state index contributed by atoms with van der Waals surface area (Å²) in [5.41, 5.74) is 10.6. The number of benzene rings is 13. The topological polar surface area (TPSA) is 14.8 Å². The van der Waals surface area contributed by atoms with Gasteiger partial charge in [0.25, 0.3) is 0 Å². The van der Waals surface area contributed by atoms with E-state index in [9.17, 15) is 0 Å². The Morgan fingerprint density at radius 3 is 1.09 bits per heavy atom. The van der Waals surface area contributed by atoms with Gasteiger partial charge in [-0.3, -0.25) is 0 Å². The Kier molecular flexibility index (Phi) is 9.36. The van der Waals surface area contributed by atoms with E-state index in [1.54, 1.807) is 0 Å². The molecular weight excluding hydrogens is 935 g/mol. The van der Waals surface area contributed by atoms with Crippen molar-refractivity contribution in [1.82, 2.24) is 13.7 Å². The van der Waals surface area contributed by atoms with Crippen molar-refractivity contribution < 1.29 is 0 Å². The van der Waals surface area contributed by atoms with Crippen molar-refractivity contribution in [3.05, 3.63) is 285 Å². The Morgan fingerprint density at radius 2 is 0.553 bits per heavy atom. The maximum atomic E-state index is 2.56. The van der Waals surface area contributed by atoms with Gasteiger partial charge in [-0.05, 0) is 114 Å². The number of nitrogens with zero attached hydrogens (tertiary/aromatic N) is 3. The lowest BCUT2D eigenvalue weighted by Gasteiger charge is -2.35. The lowest BCUT2D eigenvalue weighted by molar-refractivity contribution is 1.16. The monoisotopic (exact) mass is 981 g/mol. The molecule has 4 heteroatoms. The molecule has 76 heavy (non-hydrogen) atoms. The molecule has 0 amide bonds. The SMILES string of the molecule is c1ccc([Si](c2ccccc2)(c2ccc(-n3c4ccccc4c4ccccc43)cc2)c2cccc(-n3c4cc(-n5c6ccccc6c6ccccc65)ccc4c4c5c6ccccc6c6ccccc6c5ccc43)c2)cc1. The zero-order valence-electron chi connectivity index (χ0n) is 41.5. The summed E-state index contributed by atoms with van der Waals surface area (Å²) < 4.78 is 7.44. The summed E-state index contributed by atoms with van der Waals surface area (Å²) in [6, 6.07) is 107. The van der Waals surface area contributed by atoms with Crippen LogP contribution < -0.4 is 20.7 Å². The minimum absolute atomic E-state index is 1.13. The first-order chi connectivity index (χ1) is 37.7. The van der Waals surface area contributed by atoms with Gasteiger partial charge in [-0.15, -0.1) is 0 Å². The number of hydrogen-bond donors (Lipinski definition) is 0. The Labute approximate surface area is 440 Å².